The van der Waals surface area contributed by atoms with E-state index in [-0.39, 0.29) is 18.4 Å². The summed E-state index contributed by atoms with van der Waals surface area (Å²) in [4.78, 5) is 38.0. The van der Waals surface area contributed by atoms with E-state index in [2.05, 4.69) is 5.32 Å². The van der Waals surface area contributed by atoms with Gasteiger partial charge < -0.3 is 24.6 Å². The number of anilines is 1. The van der Waals surface area contributed by atoms with Gasteiger partial charge in [0.1, 0.15) is 35.2 Å². The third-order valence-corrected chi connectivity index (χ3v) is 5.98. The van der Waals surface area contributed by atoms with Crippen molar-refractivity contribution in [2.45, 2.75) is 20.4 Å². The number of rotatable bonds is 7. The molecule has 1 saturated heterocycles. The van der Waals surface area contributed by atoms with Crippen LogP contribution in [0.1, 0.15) is 28.0 Å². The van der Waals surface area contributed by atoms with Crippen molar-refractivity contribution in [1.29, 1.82) is 0 Å². The number of carbonyl (C=O) groups excluding carboxylic acids is 2. The summed E-state index contributed by atoms with van der Waals surface area (Å²) in [6, 6.07) is 0. The quantitative estimate of drug-likeness (QED) is 0.611. The van der Waals surface area contributed by atoms with Gasteiger partial charge in [-0.05, 0) is 19.4 Å². The maximum Gasteiger partial charge on any atom is 0.348 e. The average Bonchev–Trinajstić information content (AvgIpc) is 3.03. The van der Waals surface area contributed by atoms with Crippen molar-refractivity contribution in [3.05, 3.63) is 16.3 Å². The summed E-state index contributed by atoms with van der Waals surface area (Å²) in [6.07, 6.45) is 0. The molecule has 0 aliphatic carbocycles. The zero-order valence-corrected chi connectivity index (χ0v) is 18.1. The van der Waals surface area contributed by atoms with Crippen molar-refractivity contribution in [2.24, 2.45) is 0 Å². The largest absolute Gasteiger partial charge is 0.462 e. The highest BCUT2D eigenvalue weighted by Gasteiger charge is 2.23. The van der Waals surface area contributed by atoms with Gasteiger partial charge in [0.05, 0.1) is 31.8 Å². The number of nitrogens with one attached hydrogen (secondary N) is 2. The van der Waals surface area contributed by atoms with Crippen LogP contribution in [-0.4, -0.2) is 80.3 Å². The fraction of sp³-hybridized carbons (Fsp3) is 0.579. The predicted molar refractivity (Wildman–Crippen MR) is 111 cm³/mol. The number of hydrogen-bond acceptors (Lipinski definition) is 8. The third-order valence-electron chi connectivity index (χ3n) is 4.81. The minimum absolute atomic E-state index is 0.0596. The number of quaternary nitrogens is 1. The third kappa shape index (κ3) is 5.01. The van der Waals surface area contributed by atoms with Crippen LogP contribution in [0.2, 0.25) is 0 Å². The van der Waals surface area contributed by atoms with Crippen molar-refractivity contribution in [2.75, 3.05) is 58.9 Å². The van der Waals surface area contributed by atoms with Gasteiger partial charge in [-0.15, -0.1) is 11.3 Å². The molecule has 3 heterocycles. The number of likely N-dealkylation sites (N-methyl/N-ethyl adjacent to an activating group) is 1. The van der Waals surface area contributed by atoms with E-state index in [0.717, 1.165) is 42.1 Å². The van der Waals surface area contributed by atoms with Crippen LogP contribution in [0.5, 0.6) is 0 Å². The second kappa shape index (κ2) is 9.47. The van der Waals surface area contributed by atoms with E-state index in [1.54, 1.807) is 21.0 Å². The first-order valence-corrected chi connectivity index (χ1v) is 10.5. The molecule has 9 nitrogen and oxygen atoms in total. The van der Waals surface area contributed by atoms with Crippen LogP contribution in [0.25, 0.3) is 10.2 Å². The maximum atomic E-state index is 12.3. The molecule has 1 aliphatic heterocycles. The molecule has 0 radical (unpaired) electrons. The van der Waals surface area contributed by atoms with Crippen molar-refractivity contribution >= 4 is 39.2 Å². The number of amides is 1. The SMILES string of the molecule is CCOC(=O)c1sc2nc(C[NH+]3CCOCC3)nc(NCC(=O)N(C)C)c2c1C. The molecule has 2 N–H and O–H groups in total. The summed E-state index contributed by atoms with van der Waals surface area (Å²) in [5, 5.41) is 3.92. The van der Waals surface area contributed by atoms with Crippen molar-refractivity contribution in [1.82, 2.24) is 14.9 Å². The maximum absolute atomic E-state index is 12.3. The summed E-state index contributed by atoms with van der Waals surface area (Å²) in [5.41, 5.74) is 0.772. The lowest BCUT2D eigenvalue weighted by atomic mass is 10.2. The molecule has 0 aromatic carbocycles. The summed E-state index contributed by atoms with van der Waals surface area (Å²) in [5.74, 6) is 0.849. The van der Waals surface area contributed by atoms with E-state index >= 15 is 0 Å². The van der Waals surface area contributed by atoms with E-state index in [4.69, 9.17) is 19.4 Å². The molecule has 0 bridgehead atoms. The molecule has 2 aromatic rings. The number of nitrogens with zero attached hydrogens (tertiary/aromatic N) is 3. The molecule has 3 rings (SSSR count). The number of ether oxygens (including phenoxy) is 2. The first-order chi connectivity index (χ1) is 13.9. The van der Waals surface area contributed by atoms with E-state index < -0.39 is 0 Å². The fourth-order valence-electron chi connectivity index (χ4n) is 3.16. The molecular formula is C19H28N5O4S+. The summed E-state index contributed by atoms with van der Waals surface area (Å²) in [7, 11) is 3.42. The minimum Gasteiger partial charge on any atom is -0.462 e. The molecule has 158 valence electrons. The molecule has 2 aromatic heterocycles. The Labute approximate surface area is 174 Å². The van der Waals surface area contributed by atoms with Crippen molar-refractivity contribution < 1.29 is 24.0 Å². The first-order valence-electron chi connectivity index (χ1n) is 9.73. The fourth-order valence-corrected chi connectivity index (χ4v) is 4.25. The van der Waals surface area contributed by atoms with Crippen LogP contribution in [0.3, 0.4) is 0 Å². The van der Waals surface area contributed by atoms with Gasteiger partial charge in [0.15, 0.2) is 5.82 Å². The van der Waals surface area contributed by atoms with Gasteiger partial charge >= 0.3 is 5.97 Å². The molecule has 1 fully saturated rings. The van der Waals surface area contributed by atoms with Crippen LogP contribution < -0.4 is 10.2 Å². The van der Waals surface area contributed by atoms with Crippen LogP contribution in [0.15, 0.2) is 0 Å². The van der Waals surface area contributed by atoms with Crippen LogP contribution >= 0.6 is 11.3 Å². The topological polar surface area (TPSA) is 98.1 Å². The first kappa shape index (κ1) is 21.4. The monoisotopic (exact) mass is 422 g/mol. The molecule has 0 spiro atoms. The molecule has 0 unspecified atom stereocenters. The van der Waals surface area contributed by atoms with Gasteiger partial charge in [-0.2, -0.15) is 0 Å². The molecule has 0 atom stereocenters. The van der Waals surface area contributed by atoms with Crippen LogP contribution in [-0.2, 0) is 20.8 Å². The second-order valence-corrected chi connectivity index (χ2v) is 8.13. The minimum atomic E-state index is -0.358. The average molecular weight is 423 g/mol. The Hall–Kier alpha value is -2.30. The Morgan fingerprint density at radius 1 is 1.28 bits per heavy atom. The van der Waals surface area contributed by atoms with E-state index in [1.807, 2.05) is 6.92 Å². The Bertz CT molecular complexity index is 892. The number of thiophene rings is 1. The zero-order valence-electron chi connectivity index (χ0n) is 17.3. The van der Waals surface area contributed by atoms with Gasteiger partial charge in [-0.1, -0.05) is 0 Å². The highest BCUT2D eigenvalue weighted by Crippen LogP contribution is 2.34. The molecule has 1 amide bonds. The van der Waals surface area contributed by atoms with Gasteiger partial charge in [0.25, 0.3) is 0 Å². The zero-order chi connectivity index (χ0) is 21.0. The summed E-state index contributed by atoms with van der Waals surface area (Å²) in [6.45, 7) is 8.00. The lowest BCUT2D eigenvalue weighted by Crippen LogP contribution is -3.12. The van der Waals surface area contributed by atoms with E-state index in [1.165, 1.54) is 21.1 Å². The molecule has 29 heavy (non-hydrogen) atoms. The van der Waals surface area contributed by atoms with Gasteiger partial charge in [-0.3, -0.25) is 4.79 Å². The van der Waals surface area contributed by atoms with Crippen LogP contribution in [0.4, 0.5) is 5.82 Å². The van der Waals surface area contributed by atoms with E-state index in [0.29, 0.717) is 29.7 Å². The number of esters is 1. The van der Waals surface area contributed by atoms with Crippen LogP contribution in [0, 0.1) is 6.92 Å². The number of aromatic nitrogens is 2. The van der Waals surface area contributed by atoms with Crippen molar-refractivity contribution in [3.63, 3.8) is 0 Å². The number of carbonyl (C=O) groups is 2. The number of hydrogen-bond donors (Lipinski definition) is 2. The van der Waals surface area contributed by atoms with Crippen molar-refractivity contribution in [3.8, 4) is 0 Å². The van der Waals surface area contributed by atoms with E-state index in [9.17, 15) is 9.59 Å². The lowest BCUT2D eigenvalue weighted by Gasteiger charge is -2.23. The molecule has 1 aliphatic rings. The predicted octanol–water partition coefficient (Wildman–Crippen LogP) is 0.0916. The van der Waals surface area contributed by atoms with Gasteiger partial charge in [0, 0.05) is 14.1 Å². The Morgan fingerprint density at radius 2 is 2.00 bits per heavy atom. The standard InChI is InChI=1S/C19H27N5O4S/c1-5-28-19(26)16-12(2)15-17(20-10-14(25)23(3)4)21-13(22-18(15)29-16)11-24-6-8-27-9-7-24/h5-11H2,1-4H3,(H,20,21,22)/p+1. The number of aryl methyl sites for hydroxylation is 1. The summed E-state index contributed by atoms with van der Waals surface area (Å²) >= 11 is 1.31. The highest BCUT2D eigenvalue weighted by atomic mass is 32.1. The highest BCUT2D eigenvalue weighted by molar-refractivity contribution is 7.20. The van der Waals surface area contributed by atoms with Gasteiger partial charge in [0.2, 0.25) is 5.91 Å². The molecular weight excluding hydrogens is 394 g/mol. The summed E-state index contributed by atoms with van der Waals surface area (Å²) < 4.78 is 10.6. The molecule has 10 heteroatoms. The molecule has 0 saturated carbocycles. The normalized spacial score (nSPS) is 14.8. The number of morpholine rings is 1. The Morgan fingerprint density at radius 3 is 2.66 bits per heavy atom. The second-order valence-electron chi connectivity index (χ2n) is 7.13. The Kier molecular flexibility index (Phi) is 6.99. The van der Waals surface area contributed by atoms with Gasteiger partial charge in [-0.25, -0.2) is 14.8 Å². The number of fused-ring (bicyclic) bond motifs is 1. The lowest BCUT2D eigenvalue weighted by molar-refractivity contribution is -0.922. The Balaban J connectivity index is 1.97. The smallest absolute Gasteiger partial charge is 0.348 e.